The molecule has 2 N–H and O–H groups in total. The molecular formula is C14H27O7P. The lowest BCUT2D eigenvalue weighted by atomic mass is 10.0. The van der Waals surface area contributed by atoms with Crippen molar-refractivity contribution in [3.63, 3.8) is 0 Å². The van der Waals surface area contributed by atoms with Crippen LogP contribution in [0.25, 0.3) is 0 Å². The number of phosphoric acid groups is 1. The molecule has 0 bridgehead atoms. The molecule has 0 saturated heterocycles. The van der Waals surface area contributed by atoms with E-state index >= 15 is 0 Å². The highest BCUT2D eigenvalue weighted by Crippen LogP contribution is 2.42. The second kappa shape index (κ2) is 8.22. The molecule has 0 fully saturated rings. The Hall–Kier alpha value is -0.720. The zero-order chi connectivity index (χ0) is 17.6. The number of ether oxygens (including phenoxy) is 2. The monoisotopic (exact) mass is 338 g/mol. The first-order valence-corrected chi connectivity index (χ1v) is 8.50. The molecule has 0 radical (unpaired) electrons. The van der Waals surface area contributed by atoms with E-state index in [1.165, 1.54) is 0 Å². The first kappa shape index (κ1) is 21.3. The molecule has 0 aromatic carbocycles. The molecular weight excluding hydrogens is 311 g/mol. The Kier molecular flexibility index (Phi) is 7.95. The summed E-state index contributed by atoms with van der Waals surface area (Å²) in [4.78, 5) is 28.9. The van der Waals surface area contributed by atoms with Gasteiger partial charge in [-0.1, -0.05) is 6.58 Å². The van der Waals surface area contributed by atoms with E-state index in [9.17, 15) is 9.36 Å². The van der Waals surface area contributed by atoms with E-state index in [4.69, 9.17) is 19.3 Å². The lowest BCUT2D eigenvalue weighted by molar-refractivity contribution is -0.141. The molecule has 8 heteroatoms. The maximum atomic E-state index is 11.3. The average molecular weight is 338 g/mol. The van der Waals surface area contributed by atoms with Crippen LogP contribution in [0.5, 0.6) is 0 Å². The van der Waals surface area contributed by atoms with Gasteiger partial charge in [-0.3, -0.25) is 4.52 Å². The fraction of sp³-hybridized carbons (Fsp3) is 0.786. The van der Waals surface area contributed by atoms with Crippen molar-refractivity contribution in [1.82, 2.24) is 0 Å². The third-order valence-electron chi connectivity index (χ3n) is 2.85. The smallest absolute Gasteiger partial charge is 0.462 e. The van der Waals surface area contributed by atoms with Crippen molar-refractivity contribution in [1.29, 1.82) is 0 Å². The van der Waals surface area contributed by atoms with Gasteiger partial charge in [0.15, 0.2) is 0 Å². The number of carbonyl (C=O) groups is 1. The lowest BCUT2D eigenvalue weighted by Crippen LogP contribution is -2.31. The fourth-order valence-corrected chi connectivity index (χ4v) is 2.26. The van der Waals surface area contributed by atoms with Crippen LogP contribution in [0, 0.1) is 0 Å². The largest absolute Gasteiger partial charge is 0.470 e. The molecule has 0 rings (SSSR count). The second-order valence-corrected chi connectivity index (χ2v) is 7.53. The maximum absolute atomic E-state index is 11.3. The van der Waals surface area contributed by atoms with Crippen LogP contribution >= 0.6 is 7.82 Å². The van der Waals surface area contributed by atoms with Gasteiger partial charge in [-0.05, 0) is 41.0 Å². The first-order valence-electron chi connectivity index (χ1n) is 6.97. The van der Waals surface area contributed by atoms with Crippen LogP contribution in [0.2, 0.25) is 0 Å². The van der Waals surface area contributed by atoms with Crippen LogP contribution < -0.4 is 0 Å². The number of esters is 1. The van der Waals surface area contributed by atoms with Gasteiger partial charge in [0.1, 0.15) is 0 Å². The number of phosphoric ester groups is 1. The minimum absolute atomic E-state index is 0.209. The molecule has 0 aliphatic carbocycles. The van der Waals surface area contributed by atoms with Crippen LogP contribution in [0.1, 0.15) is 47.5 Å². The van der Waals surface area contributed by atoms with Crippen LogP contribution in [-0.4, -0.2) is 40.2 Å². The van der Waals surface area contributed by atoms with Gasteiger partial charge in [0.2, 0.25) is 0 Å². The summed E-state index contributed by atoms with van der Waals surface area (Å²) >= 11 is 0. The number of hydrogen-bond donors (Lipinski definition) is 2. The van der Waals surface area contributed by atoms with Gasteiger partial charge in [-0.2, -0.15) is 0 Å². The Morgan fingerprint density at radius 3 is 2.05 bits per heavy atom. The SMILES string of the molecule is C=C(C)C(=O)OCCC(C)(C)OCCC(C)(C)OP(=O)(O)O. The van der Waals surface area contributed by atoms with Gasteiger partial charge in [-0.25, -0.2) is 9.36 Å². The Morgan fingerprint density at radius 1 is 1.09 bits per heavy atom. The summed E-state index contributed by atoms with van der Waals surface area (Å²) in [6, 6.07) is 0. The van der Waals surface area contributed by atoms with E-state index in [0.29, 0.717) is 18.4 Å². The van der Waals surface area contributed by atoms with Crippen molar-refractivity contribution in [3.05, 3.63) is 12.2 Å². The van der Waals surface area contributed by atoms with Crippen LogP contribution in [0.3, 0.4) is 0 Å². The molecule has 0 aliphatic rings. The van der Waals surface area contributed by atoms with Gasteiger partial charge in [-0.15, -0.1) is 0 Å². The minimum atomic E-state index is -4.53. The average Bonchev–Trinajstić information content (AvgIpc) is 2.23. The van der Waals surface area contributed by atoms with E-state index < -0.39 is 25.0 Å². The molecule has 130 valence electrons. The highest BCUT2D eigenvalue weighted by molar-refractivity contribution is 7.46. The van der Waals surface area contributed by atoms with E-state index in [2.05, 4.69) is 11.1 Å². The van der Waals surface area contributed by atoms with Gasteiger partial charge in [0.25, 0.3) is 0 Å². The van der Waals surface area contributed by atoms with Gasteiger partial charge < -0.3 is 19.3 Å². The summed E-state index contributed by atoms with van der Waals surface area (Å²) in [7, 11) is -4.53. The van der Waals surface area contributed by atoms with Gasteiger partial charge >= 0.3 is 13.8 Å². The molecule has 0 heterocycles. The van der Waals surface area contributed by atoms with Crippen molar-refractivity contribution >= 4 is 13.8 Å². The Bertz CT molecular complexity index is 436. The summed E-state index contributed by atoms with van der Waals surface area (Å²) in [6.45, 7) is 12.4. The summed E-state index contributed by atoms with van der Waals surface area (Å²) < 4.78 is 26.2. The third-order valence-corrected chi connectivity index (χ3v) is 3.58. The summed E-state index contributed by atoms with van der Waals surface area (Å²) in [5, 5.41) is 0. The lowest BCUT2D eigenvalue weighted by Gasteiger charge is -2.29. The standard InChI is InChI=1S/C14H27O7P/c1-11(2)12(15)19-9-7-13(3,4)20-10-8-14(5,6)21-22(16,17)18/h1,7-10H2,2-6H3,(H2,16,17,18). The van der Waals surface area contributed by atoms with Crippen molar-refractivity contribution < 1.29 is 33.1 Å². The third kappa shape index (κ3) is 10.9. The summed E-state index contributed by atoms with van der Waals surface area (Å²) in [5.41, 5.74) is -1.19. The number of hydrogen-bond acceptors (Lipinski definition) is 5. The van der Waals surface area contributed by atoms with Crippen LogP contribution in [0.4, 0.5) is 0 Å². The Balaban J connectivity index is 4.14. The first-order chi connectivity index (χ1) is 9.74. The molecule has 0 atom stereocenters. The minimum Gasteiger partial charge on any atom is -0.462 e. The molecule has 0 unspecified atom stereocenters. The van der Waals surface area contributed by atoms with Gasteiger partial charge in [0, 0.05) is 12.0 Å². The highest BCUT2D eigenvalue weighted by atomic mass is 31.2. The van der Waals surface area contributed by atoms with E-state index in [-0.39, 0.29) is 13.2 Å². The zero-order valence-corrected chi connectivity index (χ0v) is 14.8. The molecule has 0 amide bonds. The summed E-state index contributed by atoms with van der Waals surface area (Å²) in [5.74, 6) is -0.438. The topological polar surface area (TPSA) is 102 Å². The predicted octanol–water partition coefficient (Wildman–Crippen LogP) is 2.57. The van der Waals surface area contributed by atoms with Crippen LogP contribution in [-0.2, 0) is 23.4 Å². The predicted molar refractivity (Wildman–Crippen MR) is 82.2 cm³/mol. The Morgan fingerprint density at radius 2 is 1.59 bits per heavy atom. The molecule has 7 nitrogen and oxygen atoms in total. The van der Waals surface area contributed by atoms with Crippen molar-refractivity contribution in [2.45, 2.75) is 58.7 Å². The molecule has 0 spiro atoms. The number of carbonyl (C=O) groups excluding carboxylic acids is 1. The normalized spacial score (nSPS) is 13.0. The maximum Gasteiger partial charge on any atom is 0.470 e. The summed E-state index contributed by atoms with van der Waals surface area (Å²) in [6.07, 6.45) is 0.804. The molecule has 22 heavy (non-hydrogen) atoms. The molecule has 0 aliphatic heterocycles. The second-order valence-electron chi connectivity index (χ2n) is 6.37. The highest BCUT2D eigenvalue weighted by Gasteiger charge is 2.29. The van der Waals surface area contributed by atoms with E-state index in [1.807, 2.05) is 13.8 Å². The number of rotatable bonds is 10. The molecule has 0 saturated carbocycles. The molecule has 0 aromatic rings. The fourth-order valence-electron chi connectivity index (χ4n) is 1.53. The Labute approximate surface area is 131 Å². The quantitative estimate of drug-likeness (QED) is 0.358. The zero-order valence-electron chi connectivity index (χ0n) is 13.9. The van der Waals surface area contributed by atoms with Crippen molar-refractivity contribution in [2.24, 2.45) is 0 Å². The van der Waals surface area contributed by atoms with E-state index in [0.717, 1.165) is 0 Å². The molecule has 0 aromatic heterocycles. The van der Waals surface area contributed by atoms with Gasteiger partial charge in [0.05, 0.1) is 24.4 Å². The van der Waals surface area contributed by atoms with Crippen molar-refractivity contribution in [2.75, 3.05) is 13.2 Å². The van der Waals surface area contributed by atoms with Crippen molar-refractivity contribution in [3.8, 4) is 0 Å². The van der Waals surface area contributed by atoms with Crippen LogP contribution in [0.15, 0.2) is 12.2 Å². The van der Waals surface area contributed by atoms with E-state index in [1.54, 1.807) is 20.8 Å².